The van der Waals surface area contributed by atoms with Gasteiger partial charge in [-0.1, -0.05) is 0 Å². The summed E-state index contributed by atoms with van der Waals surface area (Å²) in [6.07, 6.45) is -2.35. The van der Waals surface area contributed by atoms with E-state index in [4.69, 9.17) is 28.4 Å². The topological polar surface area (TPSA) is 166 Å². The molecule has 0 spiro atoms. The lowest BCUT2D eigenvalue weighted by molar-refractivity contribution is -0.279. The Hall–Kier alpha value is -2.68. The van der Waals surface area contributed by atoms with Crippen molar-refractivity contribution in [1.29, 1.82) is 0 Å². The van der Waals surface area contributed by atoms with Gasteiger partial charge >= 0.3 is 24.1 Å². The molecule has 2 saturated heterocycles. The van der Waals surface area contributed by atoms with Crippen molar-refractivity contribution >= 4 is 24.1 Å². The quantitative estimate of drug-likeness (QED) is 0.260. The predicted molar refractivity (Wildman–Crippen MR) is 106 cm³/mol. The van der Waals surface area contributed by atoms with E-state index in [0.717, 1.165) is 0 Å². The van der Waals surface area contributed by atoms with Crippen LogP contribution in [0.2, 0.25) is 0 Å². The molecule has 188 valence electrons. The average Bonchev–Trinajstić information content (AvgIpc) is 2.80. The van der Waals surface area contributed by atoms with Crippen molar-refractivity contribution in [2.24, 2.45) is 0 Å². The fraction of sp³-hybridized carbons (Fsp3) is 0.789. The van der Waals surface area contributed by atoms with Crippen LogP contribution in [0.3, 0.4) is 0 Å². The van der Waals surface area contributed by atoms with Crippen LogP contribution in [-0.2, 0) is 47.5 Å². The van der Waals surface area contributed by atoms with E-state index in [9.17, 15) is 19.2 Å². The molecule has 0 aromatic rings. The monoisotopic (exact) mass is 478 g/mol. The Morgan fingerprint density at radius 3 is 1.36 bits per heavy atom. The number of carbonyl (C=O) groups excluding carboxylic acids is 4. The van der Waals surface area contributed by atoms with Gasteiger partial charge in [-0.3, -0.25) is 0 Å². The van der Waals surface area contributed by atoms with Crippen molar-refractivity contribution in [1.82, 2.24) is 10.6 Å². The molecule has 0 aromatic heterocycles. The lowest BCUT2D eigenvalue weighted by Crippen LogP contribution is -2.51. The van der Waals surface area contributed by atoms with E-state index < -0.39 is 47.9 Å². The van der Waals surface area contributed by atoms with Crippen LogP contribution in [-0.4, -0.2) is 102 Å². The molecule has 0 atom stereocenters. The number of rotatable bonds is 8. The van der Waals surface area contributed by atoms with Gasteiger partial charge in [0, 0.05) is 26.9 Å². The van der Waals surface area contributed by atoms with Gasteiger partial charge in [0.1, 0.15) is 0 Å². The van der Waals surface area contributed by atoms with E-state index in [1.54, 1.807) is 0 Å². The molecule has 2 heterocycles. The maximum absolute atomic E-state index is 11.8. The highest BCUT2D eigenvalue weighted by Gasteiger charge is 2.43. The number of esters is 2. The molecule has 2 rings (SSSR count). The second-order valence-electron chi connectivity index (χ2n) is 7.38. The molecule has 14 heteroatoms. The first-order valence-corrected chi connectivity index (χ1v) is 10.2. The number of hydrogen-bond acceptors (Lipinski definition) is 12. The summed E-state index contributed by atoms with van der Waals surface area (Å²) >= 11 is 0. The van der Waals surface area contributed by atoms with Crippen molar-refractivity contribution in [3.63, 3.8) is 0 Å². The number of hydrogen-bond donors (Lipinski definition) is 2. The zero-order valence-electron chi connectivity index (χ0n) is 19.0. The highest BCUT2D eigenvalue weighted by atomic mass is 16.8. The summed E-state index contributed by atoms with van der Waals surface area (Å²) in [5, 5.41) is 5.05. The maximum atomic E-state index is 11.8. The zero-order valence-corrected chi connectivity index (χ0v) is 19.0. The second kappa shape index (κ2) is 12.0. The van der Waals surface area contributed by atoms with Gasteiger partial charge < -0.3 is 48.5 Å². The van der Waals surface area contributed by atoms with Crippen LogP contribution in [0.1, 0.15) is 20.3 Å². The third-order valence-corrected chi connectivity index (χ3v) is 4.73. The number of amides is 2. The molecule has 0 aliphatic carbocycles. The summed E-state index contributed by atoms with van der Waals surface area (Å²) < 4.78 is 40.6. The largest absolute Gasteiger partial charge is 0.465 e. The SMILES string of the molecule is COC(=O)C1(C)OCC(OC(=O)NCCCNC(=O)OC2COC(C)(C(=O)OC)OC2)CO1. The highest BCUT2D eigenvalue weighted by Crippen LogP contribution is 2.22. The number of nitrogens with one attached hydrogen (secondary N) is 2. The van der Waals surface area contributed by atoms with Crippen molar-refractivity contribution in [3.8, 4) is 0 Å². The molecule has 2 aliphatic rings. The molecule has 0 radical (unpaired) electrons. The summed E-state index contributed by atoms with van der Waals surface area (Å²) in [6.45, 7) is 3.17. The Kier molecular flexibility index (Phi) is 9.64. The minimum Gasteiger partial charge on any atom is -0.465 e. The molecule has 0 saturated carbocycles. The molecular formula is C19H30N2O12. The second-order valence-corrected chi connectivity index (χ2v) is 7.38. The van der Waals surface area contributed by atoms with Crippen LogP contribution in [0.15, 0.2) is 0 Å². The molecule has 2 amide bonds. The normalized spacial score (nSPS) is 29.3. The summed E-state index contributed by atoms with van der Waals surface area (Å²) in [4.78, 5) is 46.8. The van der Waals surface area contributed by atoms with Gasteiger partial charge in [-0.2, -0.15) is 0 Å². The Bertz CT molecular complexity index is 641. The number of alkyl carbamates (subject to hydrolysis) is 2. The van der Waals surface area contributed by atoms with Crippen LogP contribution in [0.25, 0.3) is 0 Å². The predicted octanol–water partition coefficient (Wildman–Crippen LogP) is -0.562. The van der Waals surface area contributed by atoms with Crippen LogP contribution < -0.4 is 10.6 Å². The van der Waals surface area contributed by atoms with Crippen molar-refractivity contribution in [3.05, 3.63) is 0 Å². The molecule has 2 fully saturated rings. The third kappa shape index (κ3) is 7.70. The highest BCUT2D eigenvalue weighted by molar-refractivity contribution is 5.77. The fourth-order valence-corrected chi connectivity index (χ4v) is 2.79. The van der Waals surface area contributed by atoms with E-state index in [2.05, 4.69) is 20.1 Å². The number of methoxy groups -OCH3 is 2. The van der Waals surface area contributed by atoms with Gasteiger partial charge in [0.2, 0.25) is 0 Å². The van der Waals surface area contributed by atoms with E-state index in [-0.39, 0.29) is 39.5 Å². The van der Waals surface area contributed by atoms with E-state index in [0.29, 0.717) is 6.42 Å². The van der Waals surface area contributed by atoms with Crippen LogP contribution in [0.4, 0.5) is 9.59 Å². The Labute approximate surface area is 190 Å². The number of ether oxygens (including phenoxy) is 8. The van der Waals surface area contributed by atoms with Crippen molar-refractivity contribution in [2.45, 2.75) is 44.1 Å². The fourth-order valence-electron chi connectivity index (χ4n) is 2.79. The van der Waals surface area contributed by atoms with Gasteiger partial charge in [-0.25, -0.2) is 19.2 Å². The Balaban J connectivity index is 1.53. The summed E-state index contributed by atoms with van der Waals surface area (Å²) in [6, 6.07) is 0. The van der Waals surface area contributed by atoms with Crippen LogP contribution >= 0.6 is 0 Å². The minimum atomic E-state index is -1.53. The van der Waals surface area contributed by atoms with Crippen molar-refractivity contribution < 1.29 is 57.1 Å². The molecular weight excluding hydrogens is 448 g/mol. The van der Waals surface area contributed by atoms with Crippen LogP contribution in [0.5, 0.6) is 0 Å². The molecule has 33 heavy (non-hydrogen) atoms. The van der Waals surface area contributed by atoms with E-state index in [1.807, 2.05) is 0 Å². The lowest BCUT2D eigenvalue weighted by Gasteiger charge is -2.34. The summed E-state index contributed by atoms with van der Waals surface area (Å²) in [7, 11) is 2.43. The average molecular weight is 478 g/mol. The van der Waals surface area contributed by atoms with Gasteiger partial charge in [0.15, 0.2) is 12.2 Å². The van der Waals surface area contributed by atoms with Gasteiger partial charge in [0.05, 0.1) is 40.6 Å². The molecule has 0 aromatic carbocycles. The molecule has 2 aliphatic heterocycles. The van der Waals surface area contributed by atoms with Gasteiger partial charge in [-0.05, 0) is 6.42 Å². The number of carbonyl (C=O) groups is 4. The zero-order chi connectivity index (χ0) is 24.5. The molecule has 14 nitrogen and oxygen atoms in total. The van der Waals surface area contributed by atoms with Gasteiger partial charge in [0.25, 0.3) is 11.6 Å². The third-order valence-electron chi connectivity index (χ3n) is 4.73. The van der Waals surface area contributed by atoms with Gasteiger partial charge in [-0.15, -0.1) is 0 Å². The molecule has 0 bridgehead atoms. The smallest absolute Gasteiger partial charge is 0.407 e. The van der Waals surface area contributed by atoms with E-state index in [1.165, 1.54) is 28.1 Å². The Morgan fingerprint density at radius 1 is 0.727 bits per heavy atom. The summed E-state index contributed by atoms with van der Waals surface area (Å²) in [5.41, 5.74) is 0. The summed E-state index contributed by atoms with van der Waals surface area (Å²) in [5.74, 6) is -4.41. The first kappa shape index (κ1) is 26.6. The molecule has 2 N–H and O–H groups in total. The van der Waals surface area contributed by atoms with Crippen molar-refractivity contribution in [2.75, 3.05) is 53.7 Å². The lowest BCUT2D eigenvalue weighted by atomic mass is 10.2. The minimum absolute atomic E-state index is 0.0280. The Morgan fingerprint density at radius 2 is 1.06 bits per heavy atom. The standard InChI is InChI=1S/C19H30N2O12/c1-18(14(22)26-3)28-8-12(9-29-18)32-16(24)20-6-5-7-21-17(25)33-13-10-30-19(2,31-11-13)15(23)27-4/h12-13H,5-11H2,1-4H3,(H,20,24)(H,21,25). The van der Waals surface area contributed by atoms with E-state index >= 15 is 0 Å². The first-order chi connectivity index (χ1) is 15.6. The van der Waals surface area contributed by atoms with Crippen LogP contribution in [0, 0.1) is 0 Å². The maximum Gasteiger partial charge on any atom is 0.407 e. The first-order valence-electron chi connectivity index (χ1n) is 10.2. The molecule has 0 unspecified atom stereocenters.